The van der Waals surface area contributed by atoms with Gasteiger partial charge in [0.2, 0.25) is 0 Å². The van der Waals surface area contributed by atoms with E-state index in [0.717, 1.165) is 27.6 Å². The molecule has 1 heterocycles. The van der Waals surface area contributed by atoms with Crippen LogP contribution in [0.25, 0.3) is 22.0 Å². The lowest BCUT2D eigenvalue weighted by Gasteiger charge is -2.12. The molecule has 4 aromatic carbocycles. The van der Waals surface area contributed by atoms with Crippen molar-refractivity contribution in [3.05, 3.63) is 106 Å². The Balaban J connectivity index is 1.35. The molecule has 0 atom stereocenters. The van der Waals surface area contributed by atoms with Gasteiger partial charge in [0, 0.05) is 34.0 Å². The van der Waals surface area contributed by atoms with Crippen molar-refractivity contribution in [3.63, 3.8) is 0 Å². The lowest BCUT2D eigenvalue weighted by atomic mass is 9.99. The van der Waals surface area contributed by atoms with E-state index in [4.69, 9.17) is 30.5 Å². The van der Waals surface area contributed by atoms with Gasteiger partial charge in [-0.05, 0) is 73.5 Å². The maximum absolute atomic E-state index is 13.4. The molecule has 0 aliphatic heterocycles. The van der Waals surface area contributed by atoms with Gasteiger partial charge in [0.1, 0.15) is 5.69 Å². The summed E-state index contributed by atoms with van der Waals surface area (Å²) in [6, 6.07) is 20.5. The first-order chi connectivity index (χ1) is 22.1. The van der Waals surface area contributed by atoms with E-state index in [1.165, 1.54) is 45.6 Å². The fraction of sp³-hybridized carbons (Fsp3) is 0.143. The molecule has 0 fully saturated rings. The lowest BCUT2D eigenvalue weighted by Crippen LogP contribution is -2.19. The summed E-state index contributed by atoms with van der Waals surface area (Å²) < 4.78 is 21.3. The number of hydrogen-bond donors (Lipinski definition) is 2. The molecule has 46 heavy (non-hydrogen) atoms. The number of esters is 2. The molecular weight excluding hydrogens is 610 g/mol. The zero-order valence-corrected chi connectivity index (χ0v) is 26.4. The Kier molecular flexibility index (Phi) is 9.39. The molecule has 1 amide bonds. The topological polar surface area (TPSA) is 128 Å². The van der Waals surface area contributed by atoms with E-state index in [-0.39, 0.29) is 28.6 Å². The number of carbonyl (C=O) groups excluding carboxylic acids is 3. The first-order valence-electron chi connectivity index (χ1n) is 14.1. The summed E-state index contributed by atoms with van der Waals surface area (Å²) in [5.74, 6) is -0.868. The van der Waals surface area contributed by atoms with Crippen LogP contribution in [0.15, 0.2) is 77.9 Å². The van der Waals surface area contributed by atoms with Crippen molar-refractivity contribution in [2.75, 3.05) is 14.2 Å². The number of aromatic nitrogens is 1. The Morgan fingerprint density at radius 1 is 0.848 bits per heavy atom. The molecule has 0 bridgehead atoms. The van der Waals surface area contributed by atoms with Crippen LogP contribution in [-0.2, 0) is 4.79 Å². The Morgan fingerprint density at radius 3 is 2.26 bits per heavy atom. The van der Waals surface area contributed by atoms with Crippen molar-refractivity contribution in [2.24, 2.45) is 5.10 Å². The van der Waals surface area contributed by atoms with Crippen molar-refractivity contribution in [1.29, 1.82) is 0 Å². The molecule has 0 saturated carbocycles. The van der Waals surface area contributed by atoms with Gasteiger partial charge in [0.15, 0.2) is 23.0 Å². The summed E-state index contributed by atoms with van der Waals surface area (Å²) in [6.45, 7) is 5.25. The molecule has 0 saturated heterocycles. The molecule has 5 rings (SSSR count). The minimum atomic E-state index is -0.683. The first kappa shape index (κ1) is 31.8. The van der Waals surface area contributed by atoms with Crippen molar-refractivity contribution in [3.8, 4) is 34.1 Å². The number of carbonyl (C=O) groups is 3. The molecular formula is C35H30ClN3O7. The number of nitrogens with zero attached hydrogens (tertiary/aromatic N) is 1. The summed E-state index contributed by atoms with van der Waals surface area (Å²) in [4.78, 5) is 40.9. The highest BCUT2D eigenvalue weighted by molar-refractivity contribution is 6.34. The van der Waals surface area contributed by atoms with Crippen LogP contribution in [0.4, 0.5) is 0 Å². The van der Waals surface area contributed by atoms with E-state index in [2.05, 4.69) is 15.5 Å². The largest absolute Gasteiger partial charge is 0.493 e. The van der Waals surface area contributed by atoms with E-state index in [9.17, 15) is 14.4 Å². The van der Waals surface area contributed by atoms with Crippen LogP contribution >= 0.6 is 11.6 Å². The number of amides is 1. The normalized spacial score (nSPS) is 11.0. The van der Waals surface area contributed by atoms with Crippen LogP contribution in [0.5, 0.6) is 23.0 Å². The number of aryl methyl sites for hydroxylation is 2. The molecule has 11 heteroatoms. The molecule has 0 spiro atoms. The van der Waals surface area contributed by atoms with E-state index in [1.807, 2.05) is 44.2 Å². The van der Waals surface area contributed by atoms with E-state index >= 15 is 0 Å². The Bertz CT molecular complexity index is 2020. The molecule has 1 aromatic heterocycles. The predicted octanol–water partition coefficient (Wildman–Crippen LogP) is 7.03. The number of nitrogens with one attached hydrogen (secondary N) is 2. The Hall–Kier alpha value is -5.61. The number of rotatable bonds is 9. The van der Waals surface area contributed by atoms with Gasteiger partial charge in [-0.3, -0.25) is 9.59 Å². The number of H-pyrrole nitrogens is 1. The number of hydrazone groups is 1. The maximum Gasteiger partial charge on any atom is 0.343 e. The molecule has 0 unspecified atom stereocenters. The summed E-state index contributed by atoms with van der Waals surface area (Å²) in [5.41, 5.74) is 7.96. The summed E-state index contributed by atoms with van der Waals surface area (Å²) in [7, 11) is 2.82. The van der Waals surface area contributed by atoms with Gasteiger partial charge in [-0.1, -0.05) is 41.4 Å². The summed E-state index contributed by atoms with van der Waals surface area (Å²) in [6.07, 6.45) is 1.44. The van der Waals surface area contributed by atoms with Crippen molar-refractivity contribution in [1.82, 2.24) is 10.4 Å². The van der Waals surface area contributed by atoms with Crippen LogP contribution in [0, 0.1) is 13.8 Å². The van der Waals surface area contributed by atoms with Gasteiger partial charge in [0.05, 0.1) is 26.0 Å². The Morgan fingerprint density at radius 2 is 1.54 bits per heavy atom. The molecule has 234 valence electrons. The third-order valence-electron chi connectivity index (χ3n) is 7.04. The van der Waals surface area contributed by atoms with Crippen LogP contribution in [-0.4, -0.2) is 43.3 Å². The molecule has 0 aliphatic carbocycles. The minimum Gasteiger partial charge on any atom is -0.493 e. The van der Waals surface area contributed by atoms with Crippen molar-refractivity contribution in [2.45, 2.75) is 20.8 Å². The average molecular weight is 640 g/mol. The van der Waals surface area contributed by atoms with Gasteiger partial charge in [-0.15, -0.1) is 0 Å². The number of halogens is 1. The highest BCUT2D eigenvalue weighted by atomic mass is 35.5. The third kappa shape index (κ3) is 6.72. The van der Waals surface area contributed by atoms with Gasteiger partial charge in [-0.2, -0.15) is 5.10 Å². The molecule has 0 aliphatic rings. The van der Waals surface area contributed by atoms with E-state index in [0.29, 0.717) is 21.8 Å². The van der Waals surface area contributed by atoms with E-state index in [1.54, 1.807) is 24.3 Å². The van der Waals surface area contributed by atoms with E-state index < -0.39 is 17.8 Å². The number of hydrogen-bond acceptors (Lipinski definition) is 8. The number of aromatic amines is 1. The van der Waals surface area contributed by atoms with Crippen molar-refractivity contribution < 1.29 is 33.3 Å². The maximum atomic E-state index is 13.4. The predicted molar refractivity (Wildman–Crippen MR) is 176 cm³/mol. The third-order valence-corrected chi connectivity index (χ3v) is 7.37. The fourth-order valence-corrected chi connectivity index (χ4v) is 5.26. The lowest BCUT2D eigenvalue weighted by molar-refractivity contribution is -0.132. The molecule has 10 nitrogen and oxygen atoms in total. The number of benzene rings is 4. The monoisotopic (exact) mass is 639 g/mol. The smallest absolute Gasteiger partial charge is 0.343 e. The zero-order valence-electron chi connectivity index (χ0n) is 25.7. The quantitative estimate of drug-likeness (QED) is 0.0767. The SMILES string of the molecule is COc1cc(C(=O)Oc2ccc(C=NNC(=O)c3[nH]c4c(C)cc(C)cc4c3-c3ccccc3Cl)cc2OC)ccc1OC(C)=O. The van der Waals surface area contributed by atoms with Crippen LogP contribution < -0.4 is 24.4 Å². The highest BCUT2D eigenvalue weighted by Gasteiger charge is 2.22. The Labute approximate surface area is 269 Å². The second kappa shape index (κ2) is 13.6. The van der Waals surface area contributed by atoms with Gasteiger partial charge in [-0.25, -0.2) is 10.2 Å². The van der Waals surface area contributed by atoms with Gasteiger partial charge < -0.3 is 23.9 Å². The fourth-order valence-electron chi connectivity index (χ4n) is 5.03. The second-order valence-corrected chi connectivity index (χ2v) is 10.7. The first-order valence-corrected chi connectivity index (χ1v) is 14.4. The minimum absolute atomic E-state index is 0.157. The summed E-state index contributed by atoms with van der Waals surface area (Å²) in [5, 5.41) is 5.56. The van der Waals surface area contributed by atoms with Crippen LogP contribution in [0.1, 0.15) is 44.5 Å². The second-order valence-electron chi connectivity index (χ2n) is 10.3. The van der Waals surface area contributed by atoms with Crippen LogP contribution in [0.2, 0.25) is 5.02 Å². The van der Waals surface area contributed by atoms with Crippen molar-refractivity contribution >= 4 is 46.6 Å². The van der Waals surface area contributed by atoms with Gasteiger partial charge >= 0.3 is 11.9 Å². The number of fused-ring (bicyclic) bond motifs is 1. The average Bonchev–Trinajstić information content (AvgIpc) is 3.41. The zero-order chi connectivity index (χ0) is 33.0. The van der Waals surface area contributed by atoms with Crippen LogP contribution in [0.3, 0.4) is 0 Å². The number of methoxy groups -OCH3 is 2. The number of ether oxygens (including phenoxy) is 4. The van der Waals surface area contributed by atoms with Gasteiger partial charge in [0.25, 0.3) is 5.91 Å². The molecule has 5 aromatic rings. The molecule has 0 radical (unpaired) electrons. The standard InChI is InChI=1S/C35H30ClN3O7/c1-19-14-20(2)32-25(15-19)31(24-8-6-7-9-26(24)36)33(38-32)34(41)39-37-18-22-10-12-28(29(16-22)43-4)46-35(42)23-11-13-27(45-21(3)40)30(17-23)44-5/h6-18,38H,1-5H3,(H,39,41). The highest BCUT2D eigenvalue weighted by Crippen LogP contribution is 2.38. The summed E-state index contributed by atoms with van der Waals surface area (Å²) >= 11 is 6.56. The molecule has 2 N–H and O–H groups in total.